The molecule has 5 atom stereocenters. The van der Waals surface area contributed by atoms with Gasteiger partial charge in [-0.3, -0.25) is 4.98 Å². The molecule has 1 fully saturated rings. The van der Waals surface area contributed by atoms with Gasteiger partial charge >= 0.3 is 0 Å². The summed E-state index contributed by atoms with van der Waals surface area (Å²) in [6.07, 6.45) is 1.91. The van der Waals surface area contributed by atoms with Gasteiger partial charge in [0.15, 0.2) is 0 Å². The number of nitrogens with zero attached hydrogens (tertiary/aromatic N) is 4. The molecule has 1 aliphatic heterocycles. The molecule has 1 saturated heterocycles. The van der Waals surface area contributed by atoms with E-state index in [1.807, 2.05) is 23.6 Å². The van der Waals surface area contributed by atoms with Gasteiger partial charge in [-0.1, -0.05) is 23.0 Å². The third-order valence-corrected chi connectivity index (χ3v) is 6.81. The van der Waals surface area contributed by atoms with Crippen LogP contribution in [-0.2, 0) is 4.74 Å². The highest BCUT2D eigenvalue weighted by Crippen LogP contribution is 2.38. The number of thiophene rings is 1. The van der Waals surface area contributed by atoms with E-state index in [-0.39, 0.29) is 6.61 Å². The Balaban J connectivity index is 1.61. The number of thioether (sulfide) groups is 1. The number of aliphatic hydroxyl groups is 3. The summed E-state index contributed by atoms with van der Waals surface area (Å²) in [6, 6.07) is 4.87. The molecule has 1 aliphatic rings. The molecule has 0 aromatic carbocycles. The summed E-state index contributed by atoms with van der Waals surface area (Å²) in [5.41, 5.74) is -0.0714. The second-order valence-electron chi connectivity index (χ2n) is 6.22. The minimum Gasteiger partial charge on any atom is -0.394 e. The van der Waals surface area contributed by atoms with E-state index in [2.05, 4.69) is 31.2 Å². The second-order valence-corrected chi connectivity index (χ2v) is 9.25. The molecular formula is C17H17BrN4O4S2. The number of hydrogen-bond donors (Lipinski definition) is 3. The Morgan fingerprint density at radius 1 is 1.29 bits per heavy atom. The van der Waals surface area contributed by atoms with Crippen molar-refractivity contribution in [3.05, 3.63) is 46.6 Å². The van der Waals surface area contributed by atoms with Crippen LogP contribution in [0.25, 0.3) is 10.6 Å². The van der Waals surface area contributed by atoms with Gasteiger partial charge in [-0.05, 0) is 33.4 Å². The maximum Gasteiger partial charge on any atom is 0.136 e. The Morgan fingerprint density at radius 2 is 2.14 bits per heavy atom. The van der Waals surface area contributed by atoms with Crippen molar-refractivity contribution in [1.29, 1.82) is 0 Å². The van der Waals surface area contributed by atoms with E-state index < -0.39 is 29.8 Å². The topological polar surface area (TPSA) is 114 Å². The van der Waals surface area contributed by atoms with E-state index in [4.69, 9.17) is 4.74 Å². The molecule has 28 heavy (non-hydrogen) atoms. The summed E-state index contributed by atoms with van der Waals surface area (Å²) < 4.78 is 7.99. The summed E-state index contributed by atoms with van der Waals surface area (Å²) >= 11 is 6.16. The molecule has 3 aromatic rings. The van der Waals surface area contributed by atoms with Gasteiger partial charge in [0.1, 0.15) is 35.5 Å². The first-order valence-corrected chi connectivity index (χ1v) is 11.0. The Kier molecular flexibility index (Phi) is 6.11. The highest BCUT2D eigenvalue weighted by molar-refractivity contribution is 9.10. The van der Waals surface area contributed by atoms with Crippen molar-refractivity contribution < 1.29 is 20.1 Å². The maximum atomic E-state index is 10.9. The minimum atomic E-state index is -1.14. The number of aliphatic hydroxyl groups excluding tert-OH is 3. The van der Waals surface area contributed by atoms with Crippen molar-refractivity contribution in [2.45, 2.75) is 34.7 Å². The number of aromatic nitrogens is 4. The number of halogens is 1. The first-order valence-electron chi connectivity index (χ1n) is 8.42. The molecule has 0 amide bonds. The molecule has 0 saturated carbocycles. The molecule has 4 rings (SSSR count). The van der Waals surface area contributed by atoms with Crippen molar-refractivity contribution in [2.24, 2.45) is 0 Å². The molecule has 3 N–H and O–H groups in total. The number of hydrogen-bond acceptors (Lipinski definition) is 9. The molecule has 148 valence electrons. The van der Waals surface area contributed by atoms with E-state index in [1.165, 1.54) is 27.8 Å². The first kappa shape index (κ1) is 20.0. The van der Waals surface area contributed by atoms with Gasteiger partial charge in [-0.2, -0.15) is 0 Å². The summed E-state index contributed by atoms with van der Waals surface area (Å²) in [5, 5.41) is 41.4. The average Bonchev–Trinajstić information content (AvgIpc) is 3.36. The number of ether oxygens (including phenoxy) is 1. The molecule has 11 heteroatoms. The van der Waals surface area contributed by atoms with Crippen LogP contribution in [0.1, 0.15) is 6.04 Å². The van der Waals surface area contributed by atoms with Gasteiger partial charge in [0.2, 0.25) is 0 Å². The lowest BCUT2D eigenvalue weighted by molar-refractivity contribution is -0.178. The van der Waals surface area contributed by atoms with Gasteiger partial charge in [0, 0.05) is 21.8 Å². The largest absolute Gasteiger partial charge is 0.394 e. The van der Waals surface area contributed by atoms with Crippen molar-refractivity contribution >= 4 is 39.0 Å². The Bertz CT molecular complexity index is 926. The Morgan fingerprint density at radius 3 is 2.86 bits per heavy atom. The van der Waals surface area contributed by atoms with Crippen LogP contribution in [0.5, 0.6) is 0 Å². The fraction of sp³-hybridized carbons (Fsp3) is 0.353. The lowest BCUT2D eigenvalue weighted by Gasteiger charge is -2.41. The lowest BCUT2D eigenvalue weighted by atomic mass is 9.97. The second kappa shape index (κ2) is 8.57. The SMILES string of the molecule is OCC1OC(Sc2cncc(Br)c2)[C@@H](O)C(n2cc(-c3cccs3)nn2)C1O. The normalized spacial score (nSPS) is 27.8. The summed E-state index contributed by atoms with van der Waals surface area (Å²) in [4.78, 5) is 5.83. The zero-order chi connectivity index (χ0) is 19.7. The average molecular weight is 485 g/mol. The van der Waals surface area contributed by atoms with Gasteiger partial charge in [0.25, 0.3) is 0 Å². The molecule has 4 unspecified atom stereocenters. The Labute approximate surface area is 177 Å². The predicted octanol–water partition coefficient (Wildman–Crippen LogP) is 1.94. The molecule has 3 aromatic heterocycles. The van der Waals surface area contributed by atoms with Crippen LogP contribution >= 0.6 is 39.0 Å². The highest BCUT2D eigenvalue weighted by Gasteiger charge is 2.46. The minimum absolute atomic E-state index is 0.384. The van der Waals surface area contributed by atoms with E-state index in [0.29, 0.717) is 5.69 Å². The summed E-state index contributed by atoms with van der Waals surface area (Å²) in [7, 11) is 0. The summed E-state index contributed by atoms with van der Waals surface area (Å²) in [6.45, 7) is -0.384. The van der Waals surface area contributed by atoms with Gasteiger partial charge in [-0.25, -0.2) is 4.68 Å². The molecular weight excluding hydrogens is 468 g/mol. The monoisotopic (exact) mass is 484 g/mol. The highest BCUT2D eigenvalue weighted by atomic mass is 79.9. The first-order chi connectivity index (χ1) is 13.6. The van der Waals surface area contributed by atoms with Crippen LogP contribution in [0.4, 0.5) is 0 Å². The third kappa shape index (κ3) is 4.01. The van der Waals surface area contributed by atoms with Crippen LogP contribution in [0.3, 0.4) is 0 Å². The molecule has 0 radical (unpaired) electrons. The lowest BCUT2D eigenvalue weighted by Crippen LogP contribution is -2.55. The van der Waals surface area contributed by atoms with Crippen molar-refractivity contribution in [3.63, 3.8) is 0 Å². The summed E-state index contributed by atoms with van der Waals surface area (Å²) in [5.74, 6) is 0. The van der Waals surface area contributed by atoms with Crippen LogP contribution in [-0.4, -0.2) is 65.7 Å². The molecule has 0 aliphatic carbocycles. The zero-order valence-electron chi connectivity index (χ0n) is 14.4. The van der Waals surface area contributed by atoms with Crippen LogP contribution < -0.4 is 0 Å². The molecule has 0 bridgehead atoms. The van der Waals surface area contributed by atoms with Crippen LogP contribution in [0.15, 0.2) is 51.5 Å². The van der Waals surface area contributed by atoms with Crippen molar-refractivity contribution in [1.82, 2.24) is 20.0 Å². The maximum absolute atomic E-state index is 10.9. The van der Waals surface area contributed by atoms with Gasteiger partial charge < -0.3 is 20.1 Å². The smallest absolute Gasteiger partial charge is 0.136 e. The number of pyridine rings is 1. The Hall–Kier alpha value is -1.34. The van der Waals surface area contributed by atoms with E-state index in [0.717, 1.165) is 14.2 Å². The molecule has 0 spiro atoms. The predicted molar refractivity (Wildman–Crippen MR) is 108 cm³/mol. The quantitative estimate of drug-likeness (QED) is 0.503. The standard InChI is InChI=1S/C17H17BrN4O4S2/c18-9-4-10(6-19-5-9)28-17-16(25)14(15(24)12(8-23)26-17)22-7-11(20-21-22)13-2-1-3-27-13/h1-7,12,14-17,23-25H,8H2/t12?,14?,15?,16-,17?/m0/s1. The fourth-order valence-corrected chi connectivity index (χ4v) is 5.30. The van der Waals surface area contributed by atoms with Crippen LogP contribution in [0.2, 0.25) is 0 Å². The van der Waals surface area contributed by atoms with Crippen molar-refractivity contribution in [2.75, 3.05) is 6.61 Å². The van der Waals surface area contributed by atoms with E-state index in [1.54, 1.807) is 18.6 Å². The number of rotatable bonds is 5. The third-order valence-electron chi connectivity index (χ3n) is 4.37. The van der Waals surface area contributed by atoms with Gasteiger partial charge in [-0.15, -0.1) is 16.4 Å². The fourth-order valence-electron chi connectivity index (χ4n) is 3.03. The van der Waals surface area contributed by atoms with E-state index >= 15 is 0 Å². The molecule has 8 nitrogen and oxygen atoms in total. The zero-order valence-corrected chi connectivity index (χ0v) is 17.6. The van der Waals surface area contributed by atoms with Crippen molar-refractivity contribution in [3.8, 4) is 10.6 Å². The molecule has 4 heterocycles. The van der Waals surface area contributed by atoms with Crippen LogP contribution in [0, 0.1) is 0 Å². The van der Waals surface area contributed by atoms with Gasteiger partial charge in [0.05, 0.1) is 17.7 Å². The van der Waals surface area contributed by atoms with E-state index in [9.17, 15) is 15.3 Å².